The van der Waals surface area contributed by atoms with Crippen LogP contribution in [0.1, 0.15) is 17.2 Å². The minimum Gasteiger partial charge on any atom is -0.361 e. The Morgan fingerprint density at radius 3 is 2.43 bits per heavy atom. The summed E-state index contributed by atoms with van der Waals surface area (Å²) < 4.78 is 27.4. The van der Waals surface area contributed by atoms with Crippen LogP contribution in [0.25, 0.3) is 21.6 Å². The maximum Gasteiger partial charge on any atom is 0.251 e. The van der Waals surface area contributed by atoms with Crippen molar-refractivity contribution in [3.8, 4) is 10.7 Å². The fourth-order valence-corrected chi connectivity index (χ4v) is 5.30. The van der Waals surface area contributed by atoms with Gasteiger partial charge in [-0.15, -0.1) is 21.5 Å². The topological polar surface area (TPSA) is 109 Å². The minimum absolute atomic E-state index is 0.0955. The number of tetrazole rings is 1. The van der Waals surface area contributed by atoms with Crippen LogP contribution in [0.4, 0.5) is 14.5 Å². The number of H-pyrrole nitrogens is 1. The number of nitrogens with one attached hydrogen (secondary N) is 2. The maximum absolute atomic E-state index is 14.1. The highest BCUT2D eigenvalue weighted by Crippen LogP contribution is 2.33. The molecule has 0 saturated heterocycles. The Labute approximate surface area is 242 Å². The molecule has 2 N–H and O–H groups in total. The van der Waals surface area contributed by atoms with Crippen LogP contribution in [0.2, 0.25) is 0 Å². The van der Waals surface area contributed by atoms with Crippen molar-refractivity contribution in [2.75, 3.05) is 4.90 Å². The molecule has 0 saturated carbocycles. The van der Waals surface area contributed by atoms with Crippen molar-refractivity contribution in [3.63, 3.8) is 0 Å². The zero-order valence-corrected chi connectivity index (χ0v) is 22.8. The largest absolute Gasteiger partial charge is 0.361 e. The van der Waals surface area contributed by atoms with E-state index in [0.29, 0.717) is 22.6 Å². The zero-order valence-electron chi connectivity index (χ0n) is 21.9. The van der Waals surface area contributed by atoms with Crippen molar-refractivity contribution < 1.29 is 18.4 Å². The molecule has 12 heteroatoms. The lowest BCUT2D eigenvalue weighted by molar-refractivity contribution is -0.127. The smallest absolute Gasteiger partial charge is 0.251 e. The molecule has 0 radical (unpaired) electrons. The predicted octanol–water partition coefficient (Wildman–Crippen LogP) is 5.25. The number of halogens is 2. The van der Waals surface area contributed by atoms with Crippen molar-refractivity contribution in [1.82, 2.24) is 30.5 Å². The highest BCUT2D eigenvalue weighted by atomic mass is 32.1. The first-order valence-electron chi connectivity index (χ1n) is 12.9. The molecule has 0 spiro atoms. The Bertz CT molecular complexity index is 1830. The molecule has 0 aliphatic rings. The number of fused-ring (bicyclic) bond motifs is 1. The summed E-state index contributed by atoms with van der Waals surface area (Å²) in [6.45, 7) is -0.238. The highest BCUT2D eigenvalue weighted by Gasteiger charge is 2.35. The molecular weight excluding hydrogens is 560 g/mol. The summed E-state index contributed by atoms with van der Waals surface area (Å²) in [4.78, 5) is 34.5. The van der Waals surface area contributed by atoms with Crippen LogP contribution in [0, 0.1) is 11.6 Å². The van der Waals surface area contributed by atoms with Gasteiger partial charge in [-0.1, -0.05) is 36.4 Å². The third kappa shape index (κ3) is 5.65. The first-order valence-corrected chi connectivity index (χ1v) is 13.8. The van der Waals surface area contributed by atoms with Crippen molar-refractivity contribution in [1.29, 1.82) is 0 Å². The number of benzene rings is 3. The lowest BCUT2D eigenvalue weighted by Crippen LogP contribution is -2.45. The second-order valence-electron chi connectivity index (χ2n) is 9.40. The summed E-state index contributed by atoms with van der Waals surface area (Å²) in [6.07, 6.45) is 1.68. The number of amides is 2. The van der Waals surface area contributed by atoms with E-state index >= 15 is 0 Å². The van der Waals surface area contributed by atoms with E-state index in [9.17, 15) is 18.4 Å². The molecule has 3 heterocycles. The molecule has 42 heavy (non-hydrogen) atoms. The molecule has 0 bridgehead atoms. The first kappa shape index (κ1) is 27.0. The number of hydrogen-bond acceptors (Lipinski definition) is 6. The van der Waals surface area contributed by atoms with Crippen molar-refractivity contribution in [2.24, 2.45) is 0 Å². The fourth-order valence-electron chi connectivity index (χ4n) is 4.66. The third-order valence-electron chi connectivity index (χ3n) is 6.65. The molecule has 9 nitrogen and oxygen atoms in total. The van der Waals surface area contributed by atoms with Crippen LogP contribution in [0.3, 0.4) is 0 Å². The van der Waals surface area contributed by atoms with Gasteiger partial charge in [-0.25, -0.2) is 8.78 Å². The predicted molar refractivity (Wildman–Crippen MR) is 154 cm³/mol. The van der Waals surface area contributed by atoms with Gasteiger partial charge in [-0.3, -0.25) is 14.5 Å². The molecule has 6 aromatic rings. The van der Waals surface area contributed by atoms with E-state index in [1.165, 1.54) is 52.6 Å². The Balaban J connectivity index is 1.39. The Kier molecular flexibility index (Phi) is 7.52. The highest BCUT2D eigenvalue weighted by molar-refractivity contribution is 7.13. The molecular formula is C30H23F2N7O2S. The van der Waals surface area contributed by atoms with Crippen molar-refractivity contribution >= 4 is 39.7 Å². The van der Waals surface area contributed by atoms with E-state index < -0.39 is 29.5 Å². The number of anilines is 1. The summed E-state index contributed by atoms with van der Waals surface area (Å²) in [5.41, 5.74) is 2.28. The van der Waals surface area contributed by atoms with Gasteiger partial charge in [-0.2, -0.15) is 4.80 Å². The number of carbonyl (C=O) groups excluding carboxylic acids is 2. The summed E-state index contributed by atoms with van der Waals surface area (Å²) in [6, 6.07) is 21.0. The SMILES string of the molecule is O=C(NCc1ccc(F)cc1)C(c1c[nH]c2ccccc12)N(C(=O)Cn1nnc(-c2cccs2)n1)c1ccc(F)cc1. The molecule has 3 aromatic carbocycles. The van der Waals surface area contributed by atoms with Crippen molar-refractivity contribution in [3.05, 3.63) is 119 Å². The fraction of sp³-hybridized carbons (Fsp3) is 0.100. The molecule has 1 atom stereocenters. The van der Waals surface area contributed by atoms with Crippen LogP contribution in [-0.2, 0) is 22.7 Å². The minimum atomic E-state index is -1.17. The van der Waals surface area contributed by atoms with Crippen LogP contribution in [-0.4, -0.2) is 37.0 Å². The van der Waals surface area contributed by atoms with Gasteiger partial charge in [0.15, 0.2) is 0 Å². The van der Waals surface area contributed by atoms with Crippen LogP contribution >= 0.6 is 11.3 Å². The normalized spacial score (nSPS) is 11.9. The van der Waals surface area contributed by atoms with Gasteiger partial charge >= 0.3 is 0 Å². The second kappa shape index (κ2) is 11.7. The van der Waals surface area contributed by atoms with Crippen LogP contribution in [0.5, 0.6) is 0 Å². The monoisotopic (exact) mass is 583 g/mol. The summed E-state index contributed by atoms with van der Waals surface area (Å²) in [5.74, 6) is -1.53. The number of nitrogens with zero attached hydrogens (tertiary/aromatic N) is 5. The van der Waals surface area contributed by atoms with Gasteiger partial charge in [0.1, 0.15) is 24.2 Å². The van der Waals surface area contributed by atoms with Gasteiger partial charge in [0.2, 0.25) is 11.7 Å². The quantitative estimate of drug-likeness (QED) is 0.242. The summed E-state index contributed by atoms with van der Waals surface area (Å²) in [5, 5.41) is 17.9. The molecule has 0 aliphatic carbocycles. The average molecular weight is 584 g/mol. The molecule has 3 aromatic heterocycles. The number of carbonyl (C=O) groups is 2. The number of hydrogen-bond donors (Lipinski definition) is 2. The van der Waals surface area contributed by atoms with Gasteiger partial charge in [0, 0.05) is 34.9 Å². The van der Waals surface area contributed by atoms with Gasteiger partial charge in [0.05, 0.1) is 4.88 Å². The Hall–Kier alpha value is -5.23. The molecule has 2 amide bonds. The standard InChI is InChI=1S/C30H23F2N7O2S/c31-20-9-7-19(8-10-20)16-34-30(41)28(24-17-33-25-5-2-1-4-23(24)25)39(22-13-11-21(32)12-14-22)27(40)18-38-36-29(35-37-38)26-6-3-15-42-26/h1-15,17,28,33H,16,18H2,(H,34,41). The number of thiophene rings is 1. The summed E-state index contributed by atoms with van der Waals surface area (Å²) >= 11 is 1.44. The number of aromatic amines is 1. The number of aromatic nitrogens is 5. The third-order valence-corrected chi connectivity index (χ3v) is 7.51. The van der Waals surface area contributed by atoms with Crippen LogP contribution < -0.4 is 10.2 Å². The molecule has 210 valence electrons. The van der Waals surface area contributed by atoms with E-state index in [1.54, 1.807) is 18.3 Å². The lowest BCUT2D eigenvalue weighted by atomic mass is 10.0. The number of rotatable bonds is 9. The Morgan fingerprint density at radius 2 is 1.69 bits per heavy atom. The maximum atomic E-state index is 14.1. The van der Waals surface area contributed by atoms with Crippen LogP contribution in [0.15, 0.2) is 96.5 Å². The molecule has 0 fully saturated rings. The van der Waals surface area contributed by atoms with Gasteiger partial charge < -0.3 is 10.3 Å². The summed E-state index contributed by atoms with van der Waals surface area (Å²) in [7, 11) is 0. The first-order chi connectivity index (χ1) is 20.5. The molecule has 1 unspecified atom stereocenters. The van der Waals surface area contributed by atoms with E-state index in [-0.39, 0.29) is 13.1 Å². The molecule has 6 rings (SSSR count). The Morgan fingerprint density at radius 1 is 0.952 bits per heavy atom. The van der Waals surface area contributed by atoms with Gasteiger partial charge in [-0.05, 0) is 64.7 Å². The average Bonchev–Trinajstić information content (AvgIpc) is 3.78. The van der Waals surface area contributed by atoms with Crippen molar-refractivity contribution in [2.45, 2.75) is 19.1 Å². The van der Waals surface area contributed by atoms with E-state index in [0.717, 1.165) is 20.6 Å². The second-order valence-corrected chi connectivity index (χ2v) is 10.3. The van der Waals surface area contributed by atoms with Gasteiger partial charge in [0.25, 0.3) is 5.91 Å². The number of para-hydroxylation sites is 1. The van der Waals surface area contributed by atoms with E-state index in [2.05, 4.69) is 25.7 Å². The lowest BCUT2D eigenvalue weighted by Gasteiger charge is -2.31. The molecule has 0 aliphatic heterocycles. The van der Waals surface area contributed by atoms with E-state index in [1.807, 2.05) is 41.8 Å². The van der Waals surface area contributed by atoms with E-state index in [4.69, 9.17) is 0 Å². The zero-order chi connectivity index (χ0) is 29.1.